The Morgan fingerprint density at radius 1 is 1.15 bits per heavy atom. The van der Waals surface area contributed by atoms with Gasteiger partial charge in [0.25, 0.3) is 0 Å². The van der Waals surface area contributed by atoms with Crippen molar-refractivity contribution in [1.29, 1.82) is 0 Å². The van der Waals surface area contributed by atoms with Gasteiger partial charge in [-0.15, -0.1) is 0 Å². The summed E-state index contributed by atoms with van der Waals surface area (Å²) in [5, 5.41) is 0. The fraction of sp³-hybridized carbons (Fsp3) is 0.550. The minimum Gasteiger partial charge on any atom is -0.462 e. The molecule has 1 saturated heterocycles. The molecule has 7 heteroatoms. The molecule has 0 aliphatic carbocycles. The lowest BCUT2D eigenvalue weighted by atomic mass is 10.1. The van der Waals surface area contributed by atoms with Gasteiger partial charge in [-0.25, -0.2) is 14.4 Å². The topological polar surface area (TPSA) is 88.1 Å². The normalized spacial score (nSPS) is 17.8. The Morgan fingerprint density at radius 2 is 1.85 bits per heavy atom. The maximum Gasteiger partial charge on any atom is 0.379 e. The third-order valence-corrected chi connectivity index (χ3v) is 3.83. The second kappa shape index (κ2) is 11.3. The molecule has 1 fully saturated rings. The largest absolute Gasteiger partial charge is 0.462 e. The Bertz CT molecular complexity index is 637. The summed E-state index contributed by atoms with van der Waals surface area (Å²) in [4.78, 5) is 36.3. The average Bonchev–Trinajstić information content (AvgIpc) is 3.15. The van der Waals surface area contributed by atoms with Crippen molar-refractivity contribution in [3.63, 3.8) is 0 Å². The van der Waals surface area contributed by atoms with Crippen LogP contribution in [0.4, 0.5) is 0 Å². The summed E-state index contributed by atoms with van der Waals surface area (Å²) in [5.41, 5.74) is 0.338. The van der Waals surface area contributed by atoms with Gasteiger partial charge in [0, 0.05) is 18.6 Å². The van der Waals surface area contributed by atoms with Crippen LogP contribution in [0.15, 0.2) is 35.3 Å². The Kier molecular flexibility index (Phi) is 9.50. The average molecular weight is 380 g/mol. The second-order valence-electron chi connectivity index (χ2n) is 6.24. The minimum atomic E-state index is -0.872. The molecule has 0 aromatic rings. The molecule has 0 radical (unpaired) electrons. The quantitative estimate of drug-likeness (QED) is 0.262. The Balaban J connectivity index is 2.97. The van der Waals surface area contributed by atoms with Gasteiger partial charge in [0.05, 0.1) is 18.3 Å². The maximum absolute atomic E-state index is 12.4. The summed E-state index contributed by atoms with van der Waals surface area (Å²) < 4.78 is 21.1. The molecule has 150 valence electrons. The fourth-order valence-corrected chi connectivity index (χ4v) is 2.27. The van der Waals surface area contributed by atoms with E-state index in [9.17, 15) is 14.4 Å². The first-order chi connectivity index (χ1) is 12.8. The molecule has 1 rings (SSSR count). The molecular weight excluding hydrogens is 352 g/mol. The first-order valence-corrected chi connectivity index (χ1v) is 9.04. The molecule has 1 heterocycles. The summed E-state index contributed by atoms with van der Waals surface area (Å²) >= 11 is 0. The molecule has 0 amide bonds. The predicted molar refractivity (Wildman–Crippen MR) is 98.3 cm³/mol. The Morgan fingerprint density at radius 3 is 2.37 bits per heavy atom. The number of rotatable bonds is 9. The number of esters is 3. The van der Waals surface area contributed by atoms with Crippen LogP contribution in [-0.4, -0.2) is 37.2 Å². The second-order valence-corrected chi connectivity index (χ2v) is 6.24. The number of hydrogen-bond acceptors (Lipinski definition) is 7. The lowest BCUT2D eigenvalue weighted by Crippen LogP contribution is -2.19. The van der Waals surface area contributed by atoms with Crippen LogP contribution in [-0.2, 0) is 33.3 Å². The number of allylic oxidation sites excluding steroid dienone is 1. The van der Waals surface area contributed by atoms with Crippen LogP contribution in [0.25, 0.3) is 0 Å². The van der Waals surface area contributed by atoms with Gasteiger partial charge in [0.2, 0.25) is 5.76 Å². The van der Waals surface area contributed by atoms with Crippen LogP contribution in [0, 0.1) is 0 Å². The third-order valence-electron chi connectivity index (χ3n) is 3.83. The molecule has 1 unspecified atom stereocenters. The lowest BCUT2D eigenvalue weighted by Gasteiger charge is -2.16. The summed E-state index contributed by atoms with van der Waals surface area (Å²) in [7, 11) is 0. The van der Waals surface area contributed by atoms with E-state index in [1.807, 2.05) is 6.92 Å². The molecule has 0 bridgehead atoms. The van der Waals surface area contributed by atoms with Crippen LogP contribution in [0.2, 0.25) is 0 Å². The van der Waals surface area contributed by atoms with E-state index in [0.29, 0.717) is 13.0 Å². The first-order valence-electron chi connectivity index (χ1n) is 9.04. The van der Waals surface area contributed by atoms with Crippen molar-refractivity contribution in [3.05, 3.63) is 35.3 Å². The van der Waals surface area contributed by atoms with Gasteiger partial charge < -0.3 is 18.9 Å². The molecule has 27 heavy (non-hydrogen) atoms. The van der Waals surface area contributed by atoms with Crippen LogP contribution in [0.3, 0.4) is 0 Å². The van der Waals surface area contributed by atoms with Crippen molar-refractivity contribution in [3.8, 4) is 0 Å². The van der Waals surface area contributed by atoms with Gasteiger partial charge in [0.15, 0.2) is 0 Å². The molecule has 1 aliphatic rings. The van der Waals surface area contributed by atoms with Gasteiger partial charge in [-0.3, -0.25) is 0 Å². The van der Waals surface area contributed by atoms with E-state index in [-0.39, 0.29) is 41.8 Å². The van der Waals surface area contributed by atoms with Gasteiger partial charge in [0.1, 0.15) is 5.76 Å². The molecular formula is C20H28O7. The van der Waals surface area contributed by atoms with E-state index in [0.717, 1.165) is 12.8 Å². The number of carbonyl (C=O) groups is 3. The van der Waals surface area contributed by atoms with Crippen molar-refractivity contribution in [2.45, 2.75) is 59.5 Å². The van der Waals surface area contributed by atoms with E-state index >= 15 is 0 Å². The molecule has 0 spiro atoms. The molecule has 1 atom stereocenters. The molecule has 0 saturated carbocycles. The monoisotopic (exact) mass is 380 g/mol. The van der Waals surface area contributed by atoms with Gasteiger partial charge in [-0.1, -0.05) is 13.5 Å². The summed E-state index contributed by atoms with van der Waals surface area (Å²) in [6.45, 7) is 10.8. The van der Waals surface area contributed by atoms with Crippen LogP contribution < -0.4 is 0 Å². The molecule has 0 N–H and O–H groups in total. The number of hydrogen-bond donors (Lipinski definition) is 0. The highest BCUT2D eigenvalue weighted by Crippen LogP contribution is 2.24. The van der Waals surface area contributed by atoms with E-state index in [1.165, 1.54) is 26.8 Å². The Labute approximate surface area is 160 Å². The van der Waals surface area contributed by atoms with Crippen LogP contribution >= 0.6 is 0 Å². The van der Waals surface area contributed by atoms with Crippen LogP contribution in [0.1, 0.15) is 53.4 Å². The highest BCUT2D eigenvalue weighted by atomic mass is 16.6. The fourth-order valence-electron chi connectivity index (χ4n) is 2.27. The summed E-state index contributed by atoms with van der Waals surface area (Å²) in [6.07, 6.45) is 3.82. The summed E-state index contributed by atoms with van der Waals surface area (Å²) in [6, 6.07) is 0. The van der Waals surface area contributed by atoms with Crippen molar-refractivity contribution >= 4 is 17.9 Å². The molecule has 0 aromatic heterocycles. The summed E-state index contributed by atoms with van der Waals surface area (Å²) in [5.74, 6) is -2.29. The highest BCUT2D eigenvalue weighted by Gasteiger charge is 2.26. The van der Waals surface area contributed by atoms with Gasteiger partial charge >= 0.3 is 17.9 Å². The maximum atomic E-state index is 12.4. The number of carbonyl (C=O) groups excluding carboxylic acids is 3. The van der Waals surface area contributed by atoms with E-state index in [4.69, 9.17) is 18.9 Å². The minimum absolute atomic E-state index is 0.145. The zero-order valence-electron chi connectivity index (χ0n) is 16.5. The number of ether oxygens (including phenoxy) is 4. The smallest absolute Gasteiger partial charge is 0.379 e. The van der Waals surface area contributed by atoms with E-state index < -0.39 is 17.9 Å². The highest BCUT2D eigenvalue weighted by molar-refractivity contribution is 5.95. The zero-order valence-corrected chi connectivity index (χ0v) is 16.5. The third kappa shape index (κ3) is 7.38. The molecule has 1 aliphatic heterocycles. The zero-order chi connectivity index (χ0) is 20.4. The van der Waals surface area contributed by atoms with Crippen molar-refractivity contribution in [1.82, 2.24) is 0 Å². The predicted octanol–water partition coefficient (Wildman–Crippen LogP) is 3.35. The molecule has 0 aromatic carbocycles. The SMILES string of the molecule is C=C(C)C(=O)OC(=CC)C(=O)OC(CC1CCCO1)=C(C)C(=O)OCCC. The molecule has 7 nitrogen and oxygen atoms in total. The van der Waals surface area contributed by atoms with E-state index in [1.54, 1.807) is 0 Å². The van der Waals surface area contributed by atoms with E-state index in [2.05, 4.69) is 6.58 Å². The van der Waals surface area contributed by atoms with Crippen molar-refractivity contribution < 1.29 is 33.3 Å². The van der Waals surface area contributed by atoms with Gasteiger partial charge in [-0.05, 0) is 46.1 Å². The van der Waals surface area contributed by atoms with Crippen molar-refractivity contribution in [2.24, 2.45) is 0 Å². The Hall–Kier alpha value is -2.41. The standard InChI is InChI=1S/C20H28O7/c1-6-10-25-19(22)14(5)17(12-15-9-8-11-24-15)27-20(23)16(7-2)26-18(21)13(3)4/h7,15H,3,6,8-12H2,1-2,4-5H3. The van der Waals surface area contributed by atoms with Gasteiger partial charge in [-0.2, -0.15) is 0 Å². The van der Waals surface area contributed by atoms with Crippen molar-refractivity contribution in [2.75, 3.05) is 13.2 Å². The lowest BCUT2D eigenvalue weighted by molar-refractivity contribution is -0.147. The van der Waals surface area contributed by atoms with Crippen LogP contribution in [0.5, 0.6) is 0 Å². The first kappa shape index (κ1) is 22.6.